The van der Waals surface area contributed by atoms with Crippen LogP contribution in [0.25, 0.3) is 65.7 Å². The van der Waals surface area contributed by atoms with Crippen LogP contribution in [0.5, 0.6) is 0 Å². The third kappa shape index (κ3) is 4.65. The van der Waals surface area contributed by atoms with E-state index in [0.29, 0.717) is 10.6 Å². The maximum absolute atomic E-state index is 6.87. The molecular formula is C44H28ClNO. The minimum absolute atomic E-state index is 0.591. The van der Waals surface area contributed by atoms with Crippen LogP contribution < -0.4 is 4.90 Å². The van der Waals surface area contributed by atoms with Crippen LogP contribution in [-0.4, -0.2) is 0 Å². The number of hydrogen-bond donors (Lipinski definition) is 0. The molecule has 0 aliphatic carbocycles. The van der Waals surface area contributed by atoms with Gasteiger partial charge < -0.3 is 9.32 Å². The Balaban J connectivity index is 1.31. The first-order valence-electron chi connectivity index (χ1n) is 15.8. The molecule has 0 radical (unpaired) electrons. The zero-order valence-electron chi connectivity index (χ0n) is 25.4. The summed E-state index contributed by atoms with van der Waals surface area (Å²) < 4.78 is 6.61. The number of benzene rings is 8. The van der Waals surface area contributed by atoms with Crippen molar-refractivity contribution < 1.29 is 4.42 Å². The quantitative estimate of drug-likeness (QED) is 0.190. The summed E-state index contributed by atoms with van der Waals surface area (Å²) in [6, 6.07) is 59.9. The van der Waals surface area contributed by atoms with Crippen LogP contribution >= 0.6 is 11.6 Å². The Bertz CT molecular complexity index is 2590. The molecule has 0 saturated carbocycles. The second kappa shape index (κ2) is 11.2. The predicted octanol–water partition coefficient (Wildman–Crippen LogP) is 13.3. The summed E-state index contributed by atoms with van der Waals surface area (Å²) in [5.74, 6) is 0. The normalized spacial score (nSPS) is 11.5. The highest BCUT2D eigenvalue weighted by atomic mass is 35.5. The average Bonchev–Trinajstić information content (AvgIpc) is 3.55. The van der Waals surface area contributed by atoms with Crippen molar-refractivity contribution in [1.29, 1.82) is 0 Å². The van der Waals surface area contributed by atoms with E-state index in [2.05, 4.69) is 169 Å². The van der Waals surface area contributed by atoms with Gasteiger partial charge in [-0.1, -0.05) is 133 Å². The maximum Gasteiger partial charge on any atom is 0.156 e. The number of anilines is 3. The van der Waals surface area contributed by atoms with Crippen LogP contribution in [0.4, 0.5) is 17.1 Å². The highest BCUT2D eigenvalue weighted by molar-refractivity contribution is 6.37. The lowest BCUT2D eigenvalue weighted by Gasteiger charge is -2.27. The minimum Gasteiger partial charge on any atom is -0.454 e. The molecule has 0 unspecified atom stereocenters. The zero-order chi connectivity index (χ0) is 31.3. The van der Waals surface area contributed by atoms with Gasteiger partial charge >= 0.3 is 0 Å². The van der Waals surface area contributed by atoms with E-state index in [9.17, 15) is 0 Å². The monoisotopic (exact) mass is 621 g/mol. The third-order valence-corrected chi connectivity index (χ3v) is 9.40. The predicted molar refractivity (Wildman–Crippen MR) is 199 cm³/mol. The SMILES string of the molecule is Clc1ccc(N(c2ccccc2)c2ccc(-c3ccc4ccccc4c3)c(-c3ccccc3)c2)c2c1oc1c3ccccc3ccc12. The average molecular weight is 622 g/mol. The number of hydrogen-bond acceptors (Lipinski definition) is 2. The summed E-state index contributed by atoms with van der Waals surface area (Å²) in [7, 11) is 0. The van der Waals surface area contributed by atoms with Crippen LogP contribution in [-0.2, 0) is 0 Å². The highest BCUT2D eigenvalue weighted by Crippen LogP contribution is 2.47. The molecule has 47 heavy (non-hydrogen) atoms. The van der Waals surface area contributed by atoms with Gasteiger partial charge in [0.25, 0.3) is 0 Å². The highest BCUT2D eigenvalue weighted by Gasteiger charge is 2.23. The van der Waals surface area contributed by atoms with Gasteiger partial charge in [0.15, 0.2) is 5.58 Å². The smallest absolute Gasteiger partial charge is 0.156 e. The first kappa shape index (κ1) is 27.5. The minimum atomic E-state index is 0.591. The Morgan fingerprint density at radius 3 is 1.96 bits per heavy atom. The zero-order valence-corrected chi connectivity index (χ0v) is 26.2. The topological polar surface area (TPSA) is 16.4 Å². The van der Waals surface area contributed by atoms with Crippen molar-refractivity contribution in [3.63, 3.8) is 0 Å². The first-order chi connectivity index (χ1) is 23.2. The Kier molecular flexibility index (Phi) is 6.55. The number of halogens is 1. The van der Waals surface area contributed by atoms with Crippen molar-refractivity contribution in [3.8, 4) is 22.3 Å². The van der Waals surface area contributed by atoms with Gasteiger partial charge in [-0.2, -0.15) is 0 Å². The molecule has 2 nitrogen and oxygen atoms in total. The number of nitrogens with zero attached hydrogens (tertiary/aromatic N) is 1. The lowest BCUT2D eigenvalue weighted by molar-refractivity contribution is 0.673. The van der Waals surface area contributed by atoms with Crippen molar-refractivity contribution >= 4 is 72.1 Å². The third-order valence-electron chi connectivity index (χ3n) is 9.10. The Morgan fingerprint density at radius 1 is 0.426 bits per heavy atom. The van der Waals surface area contributed by atoms with Gasteiger partial charge in [0.05, 0.1) is 16.1 Å². The summed E-state index contributed by atoms with van der Waals surface area (Å²) in [4.78, 5) is 2.32. The van der Waals surface area contributed by atoms with Crippen LogP contribution in [0.3, 0.4) is 0 Å². The molecule has 0 spiro atoms. The van der Waals surface area contributed by atoms with Crippen LogP contribution in [0.2, 0.25) is 5.02 Å². The standard InChI is InChI=1S/C44H28ClNO/c45-40-25-26-41(42-38-23-21-31-14-9-10-18-37(31)43(38)47-44(40)42)46(34-16-5-2-6-17-34)35-22-24-36(39(28-35)30-12-3-1-4-13-30)33-20-19-29-11-7-8-15-32(29)27-33/h1-28H. The summed E-state index contributed by atoms with van der Waals surface area (Å²) in [6.07, 6.45) is 0. The van der Waals surface area contributed by atoms with Gasteiger partial charge in [0.2, 0.25) is 0 Å². The second-order valence-electron chi connectivity index (χ2n) is 11.9. The molecule has 0 N–H and O–H groups in total. The van der Waals surface area contributed by atoms with Crippen LogP contribution in [0.1, 0.15) is 0 Å². The van der Waals surface area contributed by atoms with E-state index in [1.165, 1.54) is 21.9 Å². The molecule has 0 aliphatic heterocycles. The van der Waals surface area contributed by atoms with Gasteiger partial charge in [0.1, 0.15) is 5.58 Å². The molecule has 3 heteroatoms. The Labute approximate surface area is 277 Å². The maximum atomic E-state index is 6.87. The number of rotatable bonds is 5. The molecule has 0 fully saturated rings. The van der Waals surface area contributed by atoms with E-state index in [1.54, 1.807) is 0 Å². The van der Waals surface area contributed by atoms with E-state index >= 15 is 0 Å². The van der Waals surface area contributed by atoms with Gasteiger partial charge in [-0.3, -0.25) is 0 Å². The van der Waals surface area contributed by atoms with Crippen molar-refractivity contribution in [2.45, 2.75) is 0 Å². The number of furan rings is 1. The molecule has 0 saturated heterocycles. The van der Waals surface area contributed by atoms with E-state index in [-0.39, 0.29) is 0 Å². The summed E-state index contributed by atoms with van der Waals surface area (Å²) in [6.45, 7) is 0. The molecule has 0 amide bonds. The molecule has 1 aromatic heterocycles. The lowest BCUT2D eigenvalue weighted by atomic mass is 9.92. The summed E-state index contributed by atoms with van der Waals surface area (Å²) in [5, 5.41) is 7.27. The fraction of sp³-hybridized carbons (Fsp3) is 0. The molecule has 9 aromatic rings. The summed E-state index contributed by atoms with van der Waals surface area (Å²) >= 11 is 6.87. The van der Waals surface area contributed by atoms with Gasteiger partial charge in [-0.25, -0.2) is 0 Å². The lowest BCUT2D eigenvalue weighted by Crippen LogP contribution is -2.10. The molecule has 0 atom stereocenters. The Morgan fingerprint density at radius 2 is 1.13 bits per heavy atom. The largest absolute Gasteiger partial charge is 0.454 e. The molecule has 9 rings (SSSR count). The molecular weight excluding hydrogens is 594 g/mol. The van der Waals surface area contributed by atoms with E-state index in [0.717, 1.165) is 55.3 Å². The van der Waals surface area contributed by atoms with E-state index in [1.807, 2.05) is 6.07 Å². The molecule has 8 aromatic carbocycles. The number of para-hydroxylation sites is 1. The fourth-order valence-electron chi connectivity index (χ4n) is 6.89. The van der Waals surface area contributed by atoms with Crippen molar-refractivity contribution in [1.82, 2.24) is 0 Å². The van der Waals surface area contributed by atoms with Crippen molar-refractivity contribution in [3.05, 3.63) is 175 Å². The van der Waals surface area contributed by atoms with Gasteiger partial charge in [-0.05, 0) is 86.9 Å². The molecule has 1 heterocycles. The second-order valence-corrected chi connectivity index (χ2v) is 12.3. The van der Waals surface area contributed by atoms with Crippen molar-refractivity contribution in [2.75, 3.05) is 4.90 Å². The molecule has 0 aliphatic rings. The molecule has 0 bridgehead atoms. The number of fused-ring (bicyclic) bond motifs is 6. The van der Waals surface area contributed by atoms with Crippen LogP contribution in [0.15, 0.2) is 174 Å². The Hall–Kier alpha value is -5.83. The van der Waals surface area contributed by atoms with Gasteiger partial charge in [-0.15, -0.1) is 0 Å². The van der Waals surface area contributed by atoms with Gasteiger partial charge in [0, 0.05) is 22.1 Å². The molecule has 222 valence electrons. The first-order valence-corrected chi connectivity index (χ1v) is 16.2. The van der Waals surface area contributed by atoms with Crippen LogP contribution in [0, 0.1) is 0 Å². The van der Waals surface area contributed by atoms with E-state index in [4.69, 9.17) is 16.0 Å². The fourth-order valence-corrected chi connectivity index (χ4v) is 7.08. The van der Waals surface area contributed by atoms with E-state index < -0.39 is 0 Å². The van der Waals surface area contributed by atoms with Crippen molar-refractivity contribution in [2.24, 2.45) is 0 Å². The summed E-state index contributed by atoms with van der Waals surface area (Å²) in [5.41, 5.74) is 9.30.